The van der Waals surface area contributed by atoms with E-state index in [-0.39, 0.29) is 11.9 Å². The van der Waals surface area contributed by atoms with E-state index in [2.05, 4.69) is 12.2 Å². The van der Waals surface area contributed by atoms with E-state index in [1.165, 1.54) is 0 Å². The van der Waals surface area contributed by atoms with Crippen molar-refractivity contribution in [1.29, 1.82) is 0 Å². The maximum atomic E-state index is 11.5. The summed E-state index contributed by atoms with van der Waals surface area (Å²) in [6.45, 7) is 6.68. The minimum Gasteiger partial charge on any atom is -0.494 e. The Morgan fingerprint density at radius 3 is 2.72 bits per heavy atom. The lowest BCUT2D eigenvalue weighted by atomic mass is 10.1. The number of carbonyl (C=O) groups is 1. The fourth-order valence-electron chi connectivity index (χ4n) is 1.68. The van der Waals surface area contributed by atoms with Crippen molar-refractivity contribution in [2.45, 2.75) is 39.3 Å². The van der Waals surface area contributed by atoms with E-state index >= 15 is 0 Å². The van der Waals surface area contributed by atoms with Crippen LogP contribution in [0.2, 0.25) is 0 Å². The molecule has 0 spiro atoms. The van der Waals surface area contributed by atoms with Crippen LogP contribution in [0.1, 0.15) is 38.8 Å². The molecule has 1 unspecified atom stereocenters. The number of carbonyl (C=O) groups excluding carboxylic acids is 1. The molecule has 4 nitrogen and oxygen atoms in total. The van der Waals surface area contributed by atoms with Gasteiger partial charge < -0.3 is 10.5 Å². The minimum absolute atomic E-state index is 0.183. The number of primary amides is 1. The van der Waals surface area contributed by atoms with Crippen molar-refractivity contribution in [2.24, 2.45) is 5.73 Å². The fourth-order valence-corrected chi connectivity index (χ4v) is 1.68. The van der Waals surface area contributed by atoms with Crippen LogP contribution < -0.4 is 15.8 Å². The first-order valence-electron chi connectivity index (χ1n) is 6.32. The van der Waals surface area contributed by atoms with Gasteiger partial charge in [0.15, 0.2) is 0 Å². The van der Waals surface area contributed by atoms with Crippen molar-refractivity contribution in [3.8, 4) is 5.75 Å². The molecule has 1 aromatic carbocycles. The van der Waals surface area contributed by atoms with Crippen LogP contribution in [0.5, 0.6) is 5.75 Å². The molecule has 18 heavy (non-hydrogen) atoms. The first-order chi connectivity index (χ1) is 8.54. The number of amides is 1. The van der Waals surface area contributed by atoms with Gasteiger partial charge in [0.2, 0.25) is 5.91 Å². The number of hydrogen-bond acceptors (Lipinski definition) is 3. The maximum absolute atomic E-state index is 11.5. The Morgan fingerprint density at radius 2 is 2.17 bits per heavy atom. The third-order valence-electron chi connectivity index (χ3n) is 2.45. The Kier molecular flexibility index (Phi) is 5.65. The molecule has 0 bridgehead atoms. The number of nitrogens with two attached hydrogens (primary N) is 1. The van der Waals surface area contributed by atoms with Gasteiger partial charge in [-0.05, 0) is 38.0 Å². The summed E-state index contributed by atoms with van der Waals surface area (Å²) in [6.07, 6.45) is 0.952. The van der Waals surface area contributed by atoms with Gasteiger partial charge in [-0.2, -0.15) is 0 Å². The van der Waals surface area contributed by atoms with Crippen LogP contribution in [0.4, 0.5) is 0 Å². The van der Waals surface area contributed by atoms with E-state index in [4.69, 9.17) is 10.5 Å². The summed E-state index contributed by atoms with van der Waals surface area (Å²) < 4.78 is 5.55. The van der Waals surface area contributed by atoms with Crippen molar-refractivity contribution < 1.29 is 9.53 Å². The summed E-state index contributed by atoms with van der Waals surface area (Å²) in [6, 6.07) is 7.20. The van der Waals surface area contributed by atoms with Crippen molar-refractivity contribution in [1.82, 2.24) is 5.32 Å². The Hall–Kier alpha value is -1.55. The van der Waals surface area contributed by atoms with Gasteiger partial charge in [-0.15, -0.1) is 0 Å². The molecule has 0 heterocycles. The average Bonchev–Trinajstić information content (AvgIpc) is 2.33. The van der Waals surface area contributed by atoms with Gasteiger partial charge in [0.25, 0.3) is 0 Å². The fraction of sp³-hybridized carbons (Fsp3) is 0.500. The smallest absolute Gasteiger partial charge is 0.239 e. The second-order valence-corrected chi connectivity index (χ2v) is 4.58. The highest BCUT2D eigenvalue weighted by molar-refractivity contribution is 5.81. The quantitative estimate of drug-likeness (QED) is 0.778. The standard InChI is InChI=1S/C14H22N2O2/c1-4-8-18-12-7-5-6-11(9-12)13(14(15)17)16-10(2)3/h5-7,9-10,13,16H,4,8H2,1-3H3,(H2,15,17). The first-order valence-corrected chi connectivity index (χ1v) is 6.32. The van der Waals surface area contributed by atoms with Gasteiger partial charge in [-0.25, -0.2) is 0 Å². The van der Waals surface area contributed by atoms with E-state index in [0.717, 1.165) is 17.7 Å². The second kappa shape index (κ2) is 7.01. The van der Waals surface area contributed by atoms with Crippen LogP contribution in [0.25, 0.3) is 0 Å². The van der Waals surface area contributed by atoms with Gasteiger partial charge in [-0.1, -0.05) is 19.1 Å². The molecule has 100 valence electrons. The monoisotopic (exact) mass is 250 g/mol. The molecule has 1 amide bonds. The van der Waals surface area contributed by atoms with Gasteiger partial charge in [0.05, 0.1) is 6.61 Å². The zero-order chi connectivity index (χ0) is 13.5. The largest absolute Gasteiger partial charge is 0.494 e. The summed E-state index contributed by atoms with van der Waals surface area (Å²) in [7, 11) is 0. The molecular formula is C14H22N2O2. The van der Waals surface area contributed by atoms with Crippen molar-refractivity contribution in [3.05, 3.63) is 29.8 Å². The maximum Gasteiger partial charge on any atom is 0.239 e. The van der Waals surface area contributed by atoms with Gasteiger partial charge in [0, 0.05) is 6.04 Å². The van der Waals surface area contributed by atoms with Gasteiger partial charge in [0.1, 0.15) is 11.8 Å². The van der Waals surface area contributed by atoms with E-state index in [0.29, 0.717) is 6.61 Å². The predicted octanol–water partition coefficient (Wildman–Crippen LogP) is 2.00. The zero-order valence-electron chi connectivity index (χ0n) is 11.3. The number of hydrogen-bond donors (Lipinski definition) is 2. The molecule has 0 aliphatic carbocycles. The topological polar surface area (TPSA) is 64.3 Å². The molecule has 3 N–H and O–H groups in total. The summed E-state index contributed by atoms with van der Waals surface area (Å²) in [5.41, 5.74) is 6.26. The third-order valence-corrected chi connectivity index (χ3v) is 2.45. The summed E-state index contributed by atoms with van der Waals surface area (Å²) in [5.74, 6) is 0.391. The summed E-state index contributed by atoms with van der Waals surface area (Å²) >= 11 is 0. The van der Waals surface area contributed by atoms with Crippen LogP contribution in [0.15, 0.2) is 24.3 Å². The highest BCUT2D eigenvalue weighted by atomic mass is 16.5. The Morgan fingerprint density at radius 1 is 1.44 bits per heavy atom. The van der Waals surface area contributed by atoms with Gasteiger partial charge in [-0.3, -0.25) is 10.1 Å². The Bertz CT molecular complexity index is 391. The van der Waals surface area contributed by atoms with E-state index in [1.54, 1.807) is 0 Å². The molecule has 0 saturated heterocycles. The van der Waals surface area contributed by atoms with Crippen LogP contribution in [-0.4, -0.2) is 18.6 Å². The van der Waals surface area contributed by atoms with E-state index in [1.807, 2.05) is 38.1 Å². The Labute approximate surface area is 109 Å². The van der Waals surface area contributed by atoms with Gasteiger partial charge >= 0.3 is 0 Å². The number of benzene rings is 1. The first kappa shape index (κ1) is 14.5. The zero-order valence-corrected chi connectivity index (χ0v) is 11.3. The third kappa shape index (κ3) is 4.37. The van der Waals surface area contributed by atoms with Crippen molar-refractivity contribution in [2.75, 3.05) is 6.61 Å². The molecular weight excluding hydrogens is 228 g/mol. The van der Waals surface area contributed by atoms with Crippen LogP contribution in [0.3, 0.4) is 0 Å². The van der Waals surface area contributed by atoms with Crippen LogP contribution in [-0.2, 0) is 4.79 Å². The second-order valence-electron chi connectivity index (χ2n) is 4.58. The van der Waals surface area contributed by atoms with Crippen LogP contribution in [0, 0.1) is 0 Å². The SMILES string of the molecule is CCCOc1cccc(C(NC(C)C)C(N)=O)c1. The number of ether oxygens (including phenoxy) is 1. The molecule has 4 heteroatoms. The molecule has 1 rings (SSSR count). The molecule has 0 aliphatic heterocycles. The number of rotatable bonds is 7. The average molecular weight is 250 g/mol. The van der Waals surface area contributed by atoms with Crippen molar-refractivity contribution in [3.63, 3.8) is 0 Å². The lowest BCUT2D eigenvalue weighted by Crippen LogP contribution is -2.37. The number of nitrogens with one attached hydrogen (secondary N) is 1. The van der Waals surface area contributed by atoms with Crippen LogP contribution >= 0.6 is 0 Å². The highest BCUT2D eigenvalue weighted by Crippen LogP contribution is 2.20. The summed E-state index contributed by atoms with van der Waals surface area (Å²) in [5, 5.41) is 3.15. The molecule has 0 aliphatic rings. The molecule has 1 aromatic rings. The normalized spacial score (nSPS) is 12.4. The van der Waals surface area contributed by atoms with Crippen molar-refractivity contribution >= 4 is 5.91 Å². The minimum atomic E-state index is -0.477. The van der Waals surface area contributed by atoms with E-state index < -0.39 is 6.04 Å². The van der Waals surface area contributed by atoms with E-state index in [9.17, 15) is 4.79 Å². The highest BCUT2D eigenvalue weighted by Gasteiger charge is 2.18. The molecule has 0 aromatic heterocycles. The molecule has 0 radical (unpaired) electrons. The predicted molar refractivity (Wildman–Crippen MR) is 72.4 cm³/mol. The lowest BCUT2D eigenvalue weighted by molar-refractivity contribution is -0.120. The molecule has 0 saturated carbocycles. The Balaban J connectivity index is 2.87. The molecule has 0 fully saturated rings. The molecule has 1 atom stereocenters. The summed E-state index contributed by atoms with van der Waals surface area (Å²) in [4.78, 5) is 11.5. The lowest BCUT2D eigenvalue weighted by Gasteiger charge is -2.19.